The average Bonchev–Trinajstić information content (AvgIpc) is 2.35. The van der Waals surface area contributed by atoms with Gasteiger partial charge in [0.15, 0.2) is 18.2 Å². The molecule has 0 saturated heterocycles. The molecule has 2 N–H and O–H groups in total. The Bertz CT molecular complexity index is 499. The number of alkyl halides is 1. The number of halogens is 3. The Labute approximate surface area is 108 Å². The van der Waals surface area contributed by atoms with Crippen molar-refractivity contribution in [1.82, 2.24) is 0 Å². The quantitative estimate of drug-likeness (QED) is 0.812. The second-order valence-corrected chi connectivity index (χ2v) is 4.67. The zero-order chi connectivity index (χ0) is 14.7. The van der Waals surface area contributed by atoms with Crippen LogP contribution in [0.3, 0.4) is 0 Å². The number of carbonyl (C=O) groups is 1. The average molecular weight is 276 g/mol. The van der Waals surface area contributed by atoms with E-state index >= 15 is 0 Å². The summed E-state index contributed by atoms with van der Waals surface area (Å²) in [7, 11) is 0. The number of phenols is 2. The molecule has 0 amide bonds. The van der Waals surface area contributed by atoms with Crippen LogP contribution in [-0.2, 0) is 6.42 Å². The van der Waals surface area contributed by atoms with Crippen molar-refractivity contribution in [2.24, 2.45) is 5.92 Å². The number of ketones is 1. The molecule has 0 aliphatic rings. The molecule has 0 aliphatic heterocycles. The Morgan fingerprint density at radius 2 is 1.74 bits per heavy atom. The van der Waals surface area contributed by atoms with E-state index in [0.717, 1.165) is 0 Å². The fourth-order valence-electron chi connectivity index (χ4n) is 1.70. The van der Waals surface area contributed by atoms with Crippen LogP contribution in [0.1, 0.15) is 36.2 Å². The molecule has 1 aromatic carbocycles. The lowest BCUT2D eigenvalue weighted by molar-refractivity contribution is 0.0950. The molecular formula is C13H15F3O3. The molecule has 0 bridgehead atoms. The van der Waals surface area contributed by atoms with Gasteiger partial charge in [-0.25, -0.2) is 8.78 Å². The summed E-state index contributed by atoms with van der Waals surface area (Å²) in [5.41, 5.74) is -1.46. The van der Waals surface area contributed by atoms with Gasteiger partial charge in [0.1, 0.15) is 11.4 Å². The smallest absolute Gasteiger partial charge is 0.207 e. The minimum Gasteiger partial charge on any atom is -0.504 e. The fourth-order valence-corrected chi connectivity index (χ4v) is 1.70. The molecule has 106 valence electrons. The van der Waals surface area contributed by atoms with E-state index in [-0.39, 0.29) is 12.3 Å². The Morgan fingerprint density at radius 1 is 1.16 bits per heavy atom. The van der Waals surface area contributed by atoms with Crippen LogP contribution in [0.5, 0.6) is 11.5 Å². The summed E-state index contributed by atoms with van der Waals surface area (Å²) < 4.78 is 39.8. The predicted molar refractivity (Wildman–Crippen MR) is 63.2 cm³/mol. The van der Waals surface area contributed by atoms with Crippen LogP contribution < -0.4 is 0 Å². The summed E-state index contributed by atoms with van der Waals surface area (Å²) in [5, 5.41) is 18.8. The van der Waals surface area contributed by atoms with E-state index in [4.69, 9.17) is 0 Å². The third kappa shape index (κ3) is 3.00. The van der Waals surface area contributed by atoms with Gasteiger partial charge in [-0.2, -0.15) is 4.39 Å². The number of Topliss-reactive ketones (excluding diaryl/α,β-unsaturated/α-hetero) is 1. The molecule has 0 aromatic heterocycles. The van der Waals surface area contributed by atoms with E-state index in [1.807, 2.05) is 13.8 Å². The molecule has 6 heteroatoms. The van der Waals surface area contributed by atoms with Gasteiger partial charge in [-0.3, -0.25) is 4.79 Å². The highest BCUT2D eigenvalue weighted by Crippen LogP contribution is 2.36. The molecule has 1 aromatic rings. The number of phenolic OH excluding ortho intramolecular Hbond substituents is 2. The van der Waals surface area contributed by atoms with E-state index in [1.165, 1.54) is 0 Å². The molecule has 0 saturated carbocycles. The van der Waals surface area contributed by atoms with Crippen molar-refractivity contribution in [2.75, 3.05) is 6.67 Å². The van der Waals surface area contributed by atoms with Crippen molar-refractivity contribution in [3.63, 3.8) is 0 Å². The first-order valence-electron chi connectivity index (χ1n) is 5.82. The van der Waals surface area contributed by atoms with Gasteiger partial charge in [0.2, 0.25) is 11.6 Å². The number of hydrogen-bond donors (Lipinski definition) is 2. The lowest BCUT2D eigenvalue weighted by Crippen LogP contribution is -2.10. The molecule has 0 radical (unpaired) electrons. The highest BCUT2D eigenvalue weighted by atomic mass is 19.1. The highest BCUT2D eigenvalue weighted by Gasteiger charge is 2.27. The van der Waals surface area contributed by atoms with Crippen LogP contribution in [0.4, 0.5) is 13.2 Å². The lowest BCUT2D eigenvalue weighted by Gasteiger charge is -2.13. The van der Waals surface area contributed by atoms with Crippen molar-refractivity contribution >= 4 is 5.78 Å². The first-order chi connectivity index (χ1) is 8.81. The van der Waals surface area contributed by atoms with Gasteiger partial charge >= 0.3 is 0 Å². The Balaban J connectivity index is 3.39. The van der Waals surface area contributed by atoms with Gasteiger partial charge in [-0.1, -0.05) is 13.8 Å². The summed E-state index contributed by atoms with van der Waals surface area (Å²) in [6, 6.07) is 0. The third-order valence-electron chi connectivity index (χ3n) is 2.79. The van der Waals surface area contributed by atoms with Gasteiger partial charge in [0, 0.05) is 5.56 Å². The van der Waals surface area contributed by atoms with Crippen molar-refractivity contribution < 1.29 is 28.2 Å². The standard InChI is InChI=1S/C13H15F3O3/c1-6(2)3-4-7-10(15)9(8(17)5-14)13(19)11(16)12(7)18/h6,18-19H,3-5H2,1-2H3. The molecule has 0 aliphatic carbocycles. The Hall–Kier alpha value is -1.72. The second kappa shape index (κ2) is 5.95. The van der Waals surface area contributed by atoms with Crippen LogP contribution in [0, 0.1) is 17.6 Å². The molecule has 0 unspecified atom stereocenters. The van der Waals surface area contributed by atoms with E-state index in [1.54, 1.807) is 0 Å². The first kappa shape index (κ1) is 15.3. The van der Waals surface area contributed by atoms with Crippen molar-refractivity contribution in [1.29, 1.82) is 0 Å². The molecular weight excluding hydrogens is 261 g/mol. The number of carbonyl (C=O) groups excluding carboxylic acids is 1. The van der Waals surface area contributed by atoms with E-state index < -0.39 is 46.7 Å². The maximum absolute atomic E-state index is 14.0. The fraction of sp³-hybridized carbons (Fsp3) is 0.462. The zero-order valence-corrected chi connectivity index (χ0v) is 10.6. The lowest BCUT2D eigenvalue weighted by atomic mass is 9.97. The van der Waals surface area contributed by atoms with Crippen molar-refractivity contribution in [3.05, 3.63) is 22.8 Å². The molecule has 0 atom stereocenters. The topological polar surface area (TPSA) is 57.5 Å². The summed E-state index contributed by atoms with van der Waals surface area (Å²) in [5.74, 6) is -6.36. The molecule has 0 heterocycles. The largest absolute Gasteiger partial charge is 0.504 e. The number of benzene rings is 1. The Kier molecular flexibility index (Phi) is 4.80. The minimum atomic E-state index is -1.56. The second-order valence-electron chi connectivity index (χ2n) is 4.67. The number of hydrogen-bond acceptors (Lipinski definition) is 3. The van der Waals surface area contributed by atoms with E-state index in [9.17, 15) is 28.2 Å². The number of aromatic hydroxyl groups is 2. The predicted octanol–water partition coefficient (Wildman–Crippen LogP) is 3.12. The van der Waals surface area contributed by atoms with Gasteiger partial charge in [-0.15, -0.1) is 0 Å². The van der Waals surface area contributed by atoms with E-state index in [0.29, 0.717) is 6.42 Å². The van der Waals surface area contributed by atoms with Crippen LogP contribution in [-0.4, -0.2) is 22.7 Å². The van der Waals surface area contributed by atoms with Gasteiger partial charge in [0.05, 0.1) is 0 Å². The summed E-state index contributed by atoms with van der Waals surface area (Å²) >= 11 is 0. The monoisotopic (exact) mass is 276 g/mol. The van der Waals surface area contributed by atoms with Gasteiger partial charge in [-0.05, 0) is 18.8 Å². The van der Waals surface area contributed by atoms with Gasteiger partial charge < -0.3 is 10.2 Å². The maximum atomic E-state index is 14.0. The summed E-state index contributed by atoms with van der Waals surface area (Å²) in [4.78, 5) is 11.2. The summed E-state index contributed by atoms with van der Waals surface area (Å²) in [6.07, 6.45) is 0.428. The molecule has 1 rings (SSSR count). The molecule has 0 spiro atoms. The van der Waals surface area contributed by atoms with E-state index in [2.05, 4.69) is 0 Å². The Morgan fingerprint density at radius 3 is 2.21 bits per heavy atom. The highest BCUT2D eigenvalue weighted by molar-refractivity contribution is 6.00. The zero-order valence-electron chi connectivity index (χ0n) is 10.6. The number of rotatable bonds is 5. The summed E-state index contributed by atoms with van der Waals surface area (Å²) in [6.45, 7) is 2.14. The van der Waals surface area contributed by atoms with Gasteiger partial charge in [0.25, 0.3) is 0 Å². The molecule has 0 fully saturated rings. The SMILES string of the molecule is CC(C)CCc1c(O)c(F)c(O)c(C(=O)CF)c1F. The molecule has 3 nitrogen and oxygen atoms in total. The minimum absolute atomic E-state index is 0.0148. The van der Waals surface area contributed by atoms with Crippen LogP contribution in [0.25, 0.3) is 0 Å². The van der Waals surface area contributed by atoms with Crippen molar-refractivity contribution in [2.45, 2.75) is 26.7 Å². The molecule has 19 heavy (non-hydrogen) atoms. The third-order valence-corrected chi connectivity index (χ3v) is 2.79. The van der Waals surface area contributed by atoms with Crippen molar-refractivity contribution in [3.8, 4) is 11.5 Å². The normalized spacial score (nSPS) is 11.1. The first-order valence-corrected chi connectivity index (χ1v) is 5.82. The van der Waals surface area contributed by atoms with Crippen LogP contribution in [0.2, 0.25) is 0 Å². The maximum Gasteiger partial charge on any atom is 0.207 e. The van der Waals surface area contributed by atoms with Crippen LogP contribution in [0.15, 0.2) is 0 Å². The van der Waals surface area contributed by atoms with Crippen LogP contribution >= 0.6 is 0 Å².